The Morgan fingerprint density at radius 3 is 1.29 bits per heavy atom. The molecule has 130 valence electrons. The van der Waals surface area contributed by atoms with Crippen molar-refractivity contribution >= 4 is 0 Å². The third-order valence-electron chi connectivity index (χ3n) is 3.80. The minimum atomic E-state index is -0.453. The predicted molar refractivity (Wildman–Crippen MR) is 94.4 cm³/mol. The molecule has 0 saturated carbocycles. The SMILES string of the molecule is CC(O)c1ccc(OCCCCOc2ccc(C(C)O)cc2)cc1. The third kappa shape index (κ3) is 5.87. The molecule has 0 aliphatic carbocycles. The van der Waals surface area contributed by atoms with E-state index in [9.17, 15) is 10.2 Å². The Kier molecular flexibility index (Phi) is 7.09. The minimum Gasteiger partial charge on any atom is -0.494 e. The van der Waals surface area contributed by atoms with Crippen LogP contribution in [-0.2, 0) is 0 Å². The number of unbranched alkanes of at least 4 members (excludes halogenated alkanes) is 1. The predicted octanol–water partition coefficient (Wildman–Crippen LogP) is 4.03. The van der Waals surface area contributed by atoms with Crippen molar-refractivity contribution in [3.63, 3.8) is 0 Å². The van der Waals surface area contributed by atoms with Crippen molar-refractivity contribution in [1.82, 2.24) is 0 Å². The summed E-state index contributed by atoms with van der Waals surface area (Å²) >= 11 is 0. The van der Waals surface area contributed by atoms with Gasteiger partial charge in [0.1, 0.15) is 11.5 Å². The standard InChI is InChI=1S/C20H26O4/c1-15(21)17-5-9-19(10-6-17)23-13-3-4-14-24-20-11-7-18(8-12-20)16(2)22/h5-12,15-16,21-22H,3-4,13-14H2,1-2H3. The average molecular weight is 330 g/mol. The van der Waals surface area contributed by atoms with Crippen LogP contribution < -0.4 is 9.47 Å². The van der Waals surface area contributed by atoms with E-state index in [1.807, 2.05) is 48.5 Å². The van der Waals surface area contributed by atoms with E-state index in [4.69, 9.17) is 9.47 Å². The van der Waals surface area contributed by atoms with Crippen LogP contribution >= 0.6 is 0 Å². The van der Waals surface area contributed by atoms with Crippen molar-refractivity contribution in [2.75, 3.05) is 13.2 Å². The Hall–Kier alpha value is -2.04. The van der Waals surface area contributed by atoms with Crippen molar-refractivity contribution in [2.24, 2.45) is 0 Å². The molecule has 0 fully saturated rings. The summed E-state index contributed by atoms with van der Waals surface area (Å²) in [4.78, 5) is 0. The molecule has 0 aromatic heterocycles. The second kappa shape index (κ2) is 9.30. The third-order valence-corrected chi connectivity index (χ3v) is 3.80. The van der Waals surface area contributed by atoms with Gasteiger partial charge < -0.3 is 19.7 Å². The van der Waals surface area contributed by atoms with Crippen molar-refractivity contribution in [2.45, 2.75) is 38.9 Å². The highest BCUT2D eigenvalue weighted by molar-refractivity contribution is 5.29. The van der Waals surface area contributed by atoms with Crippen LogP contribution in [0.5, 0.6) is 11.5 Å². The first-order valence-electron chi connectivity index (χ1n) is 8.38. The van der Waals surface area contributed by atoms with Crippen molar-refractivity contribution in [3.05, 3.63) is 59.7 Å². The second-order valence-corrected chi connectivity index (χ2v) is 5.89. The van der Waals surface area contributed by atoms with Crippen molar-refractivity contribution in [3.8, 4) is 11.5 Å². The molecule has 0 aliphatic heterocycles. The van der Waals surface area contributed by atoms with Gasteiger partial charge in [-0.1, -0.05) is 24.3 Å². The summed E-state index contributed by atoms with van der Waals surface area (Å²) in [6.45, 7) is 4.76. The maximum absolute atomic E-state index is 9.46. The number of hydrogen-bond donors (Lipinski definition) is 2. The first-order valence-corrected chi connectivity index (χ1v) is 8.38. The Balaban J connectivity index is 1.61. The molecule has 0 aliphatic rings. The van der Waals surface area contributed by atoms with Crippen LogP contribution in [0.25, 0.3) is 0 Å². The molecular weight excluding hydrogens is 304 g/mol. The van der Waals surface area contributed by atoms with Gasteiger partial charge in [-0.25, -0.2) is 0 Å². The molecule has 24 heavy (non-hydrogen) atoms. The fourth-order valence-electron chi connectivity index (χ4n) is 2.27. The van der Waals surface area contributed by atoms with Gasteiger partial charge in [-0.3, -0.25) is 0 Å². The molecule has 0 saturated heterocycles. The van der Waals surface area contributed by atoms with E-state index in [2.05, 4.69) is 0 Å². The number of ether oxygens (including phenoxy) is 2. The Morgan fingerprint density at radius 2 is 1.00 bits per heavy atom. The molecule has 4 nitrogen and oxygen atoms in total. The highest BCUT2D eigenvalue weighted by atomic mass is 16.5. The van der Waals surface area contributed by atoms with Crippen LogP contribution in [0.15, 0.2) is 48.5 Å². The first-order chi connectivity index (χ1) is 11.6. The van der Waals surface area contributed by atoms with Gasteiger partial charge in [0, 0.05) is 0 Å². The van der Waals surface area contributed by atoms with E-state index >= 15 is 0 Å². The highest BCUT2D eigenvalue weighted by Gasteiger charge is 2.02. The average Bonchev–Trinajstić information content (AvgIpc) is 2.58. The molecule has 2 unspecified atom stereocenters. The normalized spacial score (nSPS) is 13.3. The molecule has 4 heteroatoms. The molecule has 0 spiro atoms. The number of hydrogen-bond acceptors (Lipinski definition) is 4. The van der Waals surface area contributed by atoms with Crippen molar-refractivity contribution < 1.29 is 19.7 Å². The molecular formula is C20H26O4. The summed E-state index contributed by atoms with van der Waals surface area (Å²) in [5.41, 5.74) is 1.77. The number of rotatable bonds is 9. The van der Waals surface area contributed by atoms with Gasteiger partial charge in [0.15, 0.2) is 0 Å². The quantitative estimate of drug-likeness (QED) is 0.682. The summed E-state index contributed by atoms with van der Waals surface area (Å²) in [6.07, 6.45) is 0.907. The van der Waals surface area contributed by atoms with E-state index in [1.165, 1.54) is 0 Å². The summed E-state index contributed by atoms with van der Waals surface area (Å²) in [5, 5.41) is 18.9. The lowest BCUT2D eigenvalue weighted by Crippen LogP contribution is -2.03. The molecule has 0 radical (unpaired) electrons. The summed E-state index contributed by atoms with van der Waals surface area (Å²) in [5.74, 6) is 1.63. The van der Waals surface area contributed by atoms with E-state index in [0.29, 0.717) is 13.2 Å². The lowest BCUT2D eigenvalue weighted by Gasteiger charge is -2.10. The molecule has 2 atom stereocenters. The maximum atomic E-state index is 9.46. The van der Waals surface area contributed by atoms with Crippen LogP contribution in [-0.4, -0.2) is 23.4 Å². The Morgan fingerprint density at radius 1 is 0.667 bits per heavy atom. The first kappa shape index (κ1) is 18.3. The molecule has 2 rings (SSSR count). The zero-order chi connectivity index (χ0) is 17.4. The molecule has 0 bridgehead atoms. The van der Waals surface area contributed by atoms with Gasteiger partial charge in [0.2, 0.25) is 0 Å². The van der Waals surface area contributed by atoms with Crippen LogP contribution in [0.4, 0.5) is 0 Å². The number of aliphatic hydroxyl groups is 2. The molecule has 2 aromatic carbocycles. The highest BCUT2D eigenvalue weighted by Crippen LogP contribution is 2.18. The lowest BCUT2D eigenvalue weighted by molar-refractivity contribution is 0.198. The maximum Gasteiger partial charge on any atom is 0.119 e. The molecule has 0 amide bonds. The van der Waals surface area contributed by atoms with Gasteiger partial charge in [0.25, 0.3) is 0 Å². The van der Waals surface area contributed by atoms with E-state index in [-0.39, 0.29) is 0 Å². The van der Waals surface area contributed by atoms with Crippen LogP contribution in [0.3, 0.4) is 0 Å². The van der Waals surface area contributed by atoms with E-state index in [1.54, 1.807) is 13.8 Å². The number of benzene rings is 2. The smallest absolute Gasteiger partial charge is 0.119 e. The molecule has 0 heterocycles. The topological polar surface area (TPSA) is 58.9 Å². The summed E-state index contributed by atoms with van der Waals surface area (Å²) < 4.78 is 11.3. The summed E-state index contributed by atoms with van der Waals surface area (Å²) in [6, 6.07) is 15.0. The van der Waals surface area contributed by atoms with Gasteiger partial charge in [-0.15, -0.1) is 0 Å². The zero-order valence-corrected chi connectivity index (χ0v) is 14.3. The Bertz CT molecular complexity index is 533. The van der Waals surface area contributed by atoms with Crippen molar-refractivity contribution in [1.29, 1.82) is 0 Å². The monoisotopic (exact) mass is 330 g/mol. The zero-order valence-electron chi connectivity index (χ0n) is 14.3. The molecule has 2 aromatic rings. The van der Waals surface area contributed by atoms with Gasteiger partial charge in [-0.05, 0) is 62.1 Å². The number of aliphatic hydroxyl groups excluding tert-OH is 2. The van der Waals surface area contributed by atoms with Crippen LogP contribution in [0.1, 0.15) is 50.0 Å². The van der Waals surface area contributed by atoms with Crippen LogP contribution in [0.2, 0.25) is 0 Å². The van der Waals surface area contributed by atoms with Gasteiger partial charge in [-0.2, -0.15) is 0 Å². The Labute approximate surface area is 143 Å². The largest absolute Gasteiger partial charge is 0.494 e. The fourth-order valence-corrected chi connectivity index (χ4v) is 2.27. The van der Waals surface area contributed by atoms with Gasteiger partial charge >= 0.3 is 0 Å². The molecule has 2 N–H and O–H groups in total. The summed E-state index contributed by atoms with van der Waals surface area (Å²) in [7, 11) is 0. The van der Waals surface area contributed by atoms with E-state index < -0.39 is 12.2 Å². The fraction of sp³-hybridized carbons (Fsp3) is 0.400. The van der Waals surface area contributed by atoms with Crippen LogP contribution in [0, 0.1) is 0 Å². The second-order valence-electron chi connectivity index (χ2n) is 5.89. The lowest BCUT2D eigenvalue weighted by atomic mass is 10.1. The minimum absolute atomic E-state index is 0.453. The van der Waals surface area contributed by atoms with E-state index in [0.717, 1.165) is 35.5 Å². The van der Waals surface area contributed by atoms with Gasteiger partial charge in [0.05, 0.1) is 25.4 Å².